The molecule has 3 rings (SSSR count). The molecule has 98 valence electrons. The monoisotopic (exact) mass is 262 g/mol. The van der Waals surface area contributed by atoms with Crippen LogP contribution in [0.3, 0.4) is 0 Å². The number of carbonyl (C=O) groups is 1. The third-order valence-electron chi connectivity index (χ3n) is 3.64. The van der Waals surface area contributed by atoms with Crippen LogP contribution in [0, 0.1) is 0 Å². The average Bonchev–Trinajstić information content (AvgIpc) is 2.98. The summed E-state index contributed by atoms with van der Waals surface area (Å²) in [5, 5.41) is 4.89. The summed E-state index contributed by atoms with van der Waals surface area (Å²) >= 11 is 0. The number of nitrogens with one attached hydrogen (secondary N) is 1. The molecule has 0 saturated carbocycles. The summed E-state index contributed by atoms with van der Waals surface area (Å²) in [4.78, 5) is 17.3. The third-order valence-corrected chi connectivity index (χ3v) is 3.64. The Bertz CT molecular complexity index is 284. The zero-order valence-electron chi connectivity index (χ0n) is 9.76. The lowest BCUT2D eigenvalue weighted by atomic mass is 9.99. The first-order valence-electron chi connectivity index (χ1n) is 6.18. The van der Waals surface area contributed by atoms with Gasteiger partial charge in [0.2, 0.25) is 0 Å². The molecule has 5 nitrogen and oxygen atoms in total. The zero-order chi connectivity index (χ0) is 11.0. The lowest BCUT2D eigenvalue weighted by Crippen LogP contribution is -2.47. The third kappa shape index (κ3) is 2.57. The molecule has 3 aliphatic rings. The second-order valence-corrected chi connectivity index (χ2v) is 4.72. The molecule has 0 unspecified atom stereocenters. The van der Waals surface area contributed by atoms with E-state index in [4.69, 9.17) is 9.57 Å². The predicted octanol–water partition coefficient (Wildman–Crippen LogP) is 0.482. The van der Waals surface area contributed by atoms with Crippen LogP contribution >= 0.6 is 12.4 Å². The SMILES string of the molecule is Cl.O=C([C@H]1CC[C@H]2NCC[C@H]2O1)N1CCCO1. The molecule has 0 aromatic carbocycles. The predicted molar refractivity (Wildman–Crippen MR) is 63.8 cm³/mol. The van der Waals surface area contributed by atoms with Gasteiger partial charge in [0.1, 0.15) is 6.10 Å². The van der Waals surface area contributed by atoms with E-state index in [1.165, 1.54) is 5.06 Å². The second-order valence-electron chi connectivity index (χ2n) is 4.72. The molecular formula is C11H19ClN2O3. The molecule has 6 heteroatoms. The van der Waals surface area contributed by atoms with Crippen molar-refractivity contribution in [2.45, 2.75) is 43.9 Å². The molecule has 17 heavy (non-hydrogen) atoms. The Hall–Kier alpha value is -0.360. The first-order chi connectivity index (χ1) is 7.84. The minimum atomic E-state index is -0.278. The summed E-state index contributed by atoms with van der Waals surface area (Å²) in [7, 11) is 0. The van der Waals surface area contributed by atoms with Gasteiger partial charge in [-0.2, -0.15) is 0 Å². The Morgan fingerprint density at radius 3 is 2.94 bits per heavy atom. The Balaban J connectivity index is 0.00000108. The number of hydrogen-bond acceptors (Lipinski definition) is 4. The number of amides is 1. The number of rotatable bonds is 1. The highest BCUT2D eigenvalue weighted by atomic mass is 35.5. The van der Waals surface area contributed by atoms with Gasteiger partial charge < -0.3 is 10.1 Å². The van der Waals surface area contributed by atoms with E-state index in [9.17, 15) is 4.79 Å². The fraction of sp³-hybridized carbons (Fsp3) is 0.909. The molecular weight excluding hydrogens is 244 g/mol. The maximum atomic E-state index is 12.0. The number of hydrogen-bond donors (Lipinski definition) is 1. The van der Waals surface area contributed by atoms with Gasteiger partial charge >= 0.3 is 0 Å². The summed E-state index contributed by atoms with van der Waals surface area (Å²) in [6.07, 6.45) is 3.76. The summed E-state index contributed by atoms with van der Waals surface area (Å²) in [6, 6.07) is 0.462. The molecule has 3 fully saturated rings. The van der Waals surface area contributed by atoms with Gasteiger partial charge in [-0.05, 0) is 32.2 Å². The molecule has 1 N–H and O–H groups in total. The minimum absolute atomic E-state index is 0. The Kier molecular flexibility index (Phi) is 4.25. The smallest absolute Gasteiger partial charge is 0.275 e. The van der Waals surface area contributed by atoms with Gasteiger partial charge in [0.05, 0.1) is 19.3 Å². The second kappa shape index (κ2) is 5.52. The number of hydroxylamine groups is 2. The first kappa shape index (κ1) is 13.1. The number of halogens is 1. The maximum absolute atomic E-state index is 12.0. The molecule has 3 heterocycles. The molecule has 0 aromatic rings. The molecule has 0 bridgehead atoms. The van der Waals surface area contributed by atoms with Crippen LogP contribution in [0.1, 0.15) is 25.7 Å². The van der Waals surface area contributed by atoms with E-state index in [0.717, 1.165) is 32.2 Å². The summed E-state index contributed by atoms with van der Waals surface area (Å²) in [5.41, 5.74) is 0. The molecule has 0 radical (unpaired) electrons. The Morgan fingerprint density at radius 1 is 1.29 bits per heavy atom. The van der Waals surface area contributed by atoms with Gasteiger partial charge in [-0.15, -0.1) is 12.4 Å². The van der Waals surface area contributed by atoms with E-state index >= 15 is 0 Å². The maximum Gasteiger partial charge on any atom is 0.275 e. The van der Waals surface area contributed by atoms with Crippen molar-refractivity contribution in [1.82, 2.24) is 10.4 Å². The molecule has 0 spiro atoms. The molecule has 3 atom stereocenters. The average molecular weight is 263 g/mol. The molecule has 3 saturated heterocycles. The quantitative estimate of drug-likeness (QED) is 0.747. The van der Waals surface area contributed by atoms with Crippen molar-refractivity contribution < 1.29 is 14.4 Å². The van der Waals surface area contributed by atoms with Crippen molar-refractivity contribution in [1.29, 1.82) is 0 Å². The zero-order valence-corrected chi connectivity index (χ0v) is 10.6. The first-order valence-corrected chi connectivity index (χ1v) is 6.18. The standard InChI is InChI=1S/C11H18N2O3.ClH/c14-11(13-6-1-7-15-13)10-3-2-8-9(16-10)4-5-12-8;/h8-10,12H,1-7H2;1H/t8-,9-,10-;/m1./s1. The molecule has 3 aliphatic heterocycles. The normalized spacial score (nSPS) is 36.5. The molecule has 0 aromatic heterocycles. The summed E-state index contributed by atoms with van der Waals surface area (Å²) in [5.74, 6) is 0.0165. The van der Waals surface area contributed by atoms with Crippen molar-refractivity contribution in [3.8, 4) is 0 Å². The largest absolute Gasteiger partial charge is 0.363 e. The molecule has 0 aliphatic carbocycles. The van der Waals surface area contributed by atoms with Crippen molar-refractivity contribution in [2.24, 2.45) is 0 Å². The van der Waals surface area contributed by atoms with Crippen LogP contribution in [0.5, 0.6) is 0 Å². The highest BCUT2D eigenvalue weighted by Gasteiger charge is 2.39. The van der Waals surface area contributed by atoms with E-state index in [-0.39, 0.29) is 30.5 Å². The van der Waals surface area contributed by atoms with Gasteiger partial charge in [0.15, 0.2) is 0 Å². The van der Waals surface area contributed by atoms with Crippen LogP contribution in [0.4, 0.5) is 0 Å². The van der Waals surface area contributed by atoms with Crippen molar-refractivity contribution in [3.05, 3.63) is 0 Å². The number of ether oxygens (including phenoxy) is 1. The number of carbonyl (C=O) groups excluding carboxylic acids is 1. The lowest BCUT2D eigenvalue weighted by molar-refractivity contribution is -0.188. The van der Waals surface area contributed by atoms with E-state index in [1.807, 2.05) is 0 Å². The lowest BCUT2D eigenvalue weighted by Gasteiger charge is -2.32. The van der Waals surface area contributed by atoms with Gasteiger partial charge in [-0.3, -0.25) is 9.63 Å². The van der Waals surface area contributed by atoms with Crippen LogP contribution in [0.2, 0.25) is 0 Å². The van der Waals surface area contributed by atoms with Crippen molar-refractivity contribution >= 4 is 18.3 Å². The van der Waals surface area contributed by atoms with Crippen LogP contribution in [-0.4, -0.2) is 48.9 Å². The molecule has 1 amide bonds. The fourth-order valence-corrected chi connectivity index (χ4v) is 2.77. The van der Waals surface area contributed by atoms with Gasteiger partial charge in [0.25, 0.3) is 5.91 Å². The Labute approximate surface area is 107 Å². The minimum Gasteiger partial charge on any atom is -0.363 e. The van der Waals surface area contributed by atoms with E-state index in [0.29, 0.717) is 19.2 Å². The fourth-order valence-electron chi connectivity index (χ4n) is 2.77. The van der Waals surface area contributed by atoms with Crippen LogP contribution in [-0.2, 0) is 14.4 Å². The van der Waals surface area contributed by atoms with Crippen LogP contribution in [0.25, 0.3) is 0 Å². The number of fused-ring (bicyclic) bond motifs is 1. The van der Waals surface area contributed by atoms with Gasteiger partial charge in [-0.1, -0.05) is 0 Å². The van der Waals surface area contributed by atoms with Gasteiger partial charge in [0, 0.05) is 6.04 Å². The Morgan fingerprint density at radius 2 is 2.18 bits per heavy atom. The summed E-state index contributed by atoms with van der Waals surface area (Å²) < 4.78 is 5.85. The van der Waals surface area contributed by atoms with Crippen LogP contribution < -0.4 is 5.32 Å². The highest BCUT2D eigenvalue weighted by molar-refractivity contribution is 5.85. The number of nitrogens with zero attached hydrogens (tertiary/aromatic N) is 1. The topological polar surface area (TPSA) is 50.8 Å². The summed E-state index contributed by atoms with van der Waals surface area (Å²) in [6.45, 7) is 2.38. The van der Waals surface area contributed by atoms with E-state index in [1.54, 1.807) is 0 Å². The van der Waals surface area contributed by atoms with Crippen molar-refractivity contribution in [2.75, 3.05) is 19.7 Å². The van der Waals surface area contributed by atoms with Crippen molar-refractivity contribution in [3.63, 3.8) is 0 Å². The van der Waals surface area contributed by atoms with E-state index < -0.39 is 0 Å². The highest BCUT2D eigenvalue weighted by Crippen LogP contribution is 2.26. The van der Waals surface area contributed by atoms with Gasteiger partial charge in [-0.25, -0.2) is 5.06 Å². The van der Waals surface area contributed by atoms with Crippen LogP contribution in [0.15, 0.2) is 0 Å². The van der Waals surface area contributed by atoms with E-state index in [2.05, 4.69) is 5.32 Å².